The van der Waals surface area contributed by atoms with E-state index in [9.17, 15) is 27.6 Å². The lowest BCUT2D eigenvalue weighted by Crippen LogP contribution is -2.46. The second-order valence-corrected chi connectivity index (χ2v) is 32.1. The molecular formula is C61H100N4O14SSi. The van der Waals surface area contributed by atoms with Gasteiger partial charge in [0.25, 0.3) is 0 Å². The van der Waals surface area contributed by atoms with Gasteiger partial charge in [0.05, 0.1) is 37.7 Å². The van der Waals surface area contributed by atoms with Crippen molar-refractivity contribution in [1.82, 2.24) is 20.4 Å². The Bertz CT molecular complexity index is 2500. The molecule has 20 heteroatoms. The Balaban J connectivity index is 2.20. The standard InChI is InChI=1S/C61H100N4O14SSi/c1-17-19-20-21-22-23-24-25-32-65(58(71)79-60(7,8)9)33-37-80(72,73)42-46(30-35-77-81(15,16)61(10,11)12)55(68)64(13)53-45-27-29-52(75-34-18-2)48(41-45)47-39-44(26-28-51(47)76-36-31-62-57(70)78-59(4,5)6)40-49(56(69)74-14)63-54(67)43(3)38-50(53)66/h26-29,39,41,43,46,49,53H,17-25,30-38,40,42H2,1-16H3,(H,62,70)(H,63,67)/t43-,46-,49+,53+/m1/s1. The molecule has 0 saturated carbocycles. The van der Waals surface area contributed by atoms with E-state index in [-0.39, 0.29) is 50.6 Å². The van der Waals surface area contributed by atoms with E-state index < -0.39 is 101 Å². The summed E-state index contributed by atoms with van der Waals surface area (Å²) in [5.74, 6) is -4.93. The molecule has 4 amide bonds. The van der Waals surface area contributed by atoms with Crippen LogP contribution in [0.3, 0.4) is 0 Å². The number of fused-ring (bicyclic) bond motifs is 5. The summed E-state index contributed by atoms with van der Waals surface area (Å²) in [5, 5.41) is 5.29. The lowest BCUT2D eigenvalue weighted by Gasteiger charge is -2.37. The van der Waals surface area contributed by atoms with Crippen LogP contribution in [0.5, 0.6) is 11.5 Å². The third kappa shape index (κ3) is 23.9. The van der Waals surface area contributed by atoms with Crippen LogP contribution in [0, 0.1) is 11.8 Å². The lowest BCUT2D eigenvalue weighted by molar-refractivity contribution is -0.146. The zero-order valence-corrected chi connectivity index (χ0v) is 53.8. The molecule has 0 radical (unpaired) electrons. The highest BCUT2D eigenvalue weighted by atomic mass is 32.2. The summed E-state index contributed by atoms with van der Waals surface area (Å²) in [6, 6.07) is 7.86. The Labute approximate surface area is 486 Å². The highest BCUT2D eigenvalue weighted by Gasteiger charge is 2.40. The van der Waals surface area contributed by atoms with Crippen LogP contribution in [0.4, 0.5) is 9.59 Å². The van der Waals surface area contributed by atoms with E-state index in [2.05, 4.69) is 51.4 Å². The van der Waals surface area contributed by atoms with Gasteiger partial charge in [-0.1, -0.05) is 98.6 Å². The highest BCUT2D eigenvalue weighted by molar-refractivity contribution is 7.91. The van der Waals surface area contributed by atoms with E-state index in [0.29, 0.717) is 59.7 Å². The van der Waals surface area contributed by atoms with Crippen LogP contribution in [0.25, 0.3) is 11.1 Å². The number of unbranched alkanes of at least 4 members (excludes halogenated alkanes) is 7. The van der Waals surface area contributed by atoms with Crippen molar-refractivity contribution >= 4 is 53.9 Å². The predicted octanol–water partition coefficient (Wildman–Crippen LogP) is 11.2. The number of esters is 1. The molecule has 0 fully saturated rings. The smallest absolute Gasteiger partial charge is 0.410 e. The van der Waals surface area contributed by atoms with E-state index >= 15 is 9.59 Å². The number of sulfone groups is 1. The number of amides is 4. The maximum atomic E-state index is 15.4. The number of ether oxygens (including phenoxy) is 5. The summed E-state index contributed by atoms with van der Waals surface area (Å²) in [7, 11) is -3.82. The fourth-order valence-corrected chi connectivity index (χ4v) is 11.7. The van der Waals surface area contributed by atoms with Gasteiger partial charge >= 0.3 is 18.2 Å². The first kappa shape index (κ1) is 70.1. The molecule has 0 saturated heterocycles. The van der Waals surface area contributed by atoms with Crippen LogP contribution in [0.1, 0.15) is 171 Å². The lowest BCUT2D eigenvalue weighted by atomic mass is 9.89. The normalized spacial score (nSPS) is 16.8. The number of benzene rings is 2. The summed E-state index contributed by atoms with van der Waals surface area (Å²) in [6.07, 6.45) is 7.39. The number of ketones is 1. The first-order valence-corrected chi connectivity index (χ1v) is 34.0. The summed E-state index contributed by atoms with van der Waals surface area (Å²) in [5.41, 5.74) is 0.382. The molecule has 1 aliphatic heterocycles. The average molecular weight is 1170 g/mol. The van der Waals surface area contributed by atoms with Crippen molar-refractivity contribution in [3.8, 4) is 22.6 Å². The largest absolute Gasteiger partial charge is 0.493 e. The number of nitrogens with one attached hydrogen (secondary N) is 2. The van der Waals surface area contributed by atoms with Crippen LogP contribution in [-0.2, 0) is 54.1 Å². The summed E-state index contributed by atoms with van der Waals surface area (Å²) in [4.78, 5) is 86.7. The van der Waals surface area contributed by atoms with Gasteiger partial charge in [0.2, 0.25) is 11.8 Å². The number of likely N-dealkylation sites (N-methyl/N-ethyl adjacent to an activating group) is 1. The summed E-state index contributed by atoms with van der Waals surface area (Å²) in [6.45, 7) is 27.3. The zero-order valence-electron chi connectivity index (χ0n) is 51.9. The number of hydrogen-bond donors (Lipinski definition) is 2. The van der Waals surface area contributed by atoms with Crippen LogP contribution < -0.4 is 20.1 Å². The predicted molar refractivity (Wildman–Crippen MR) is 320 cm³/mol. The van der Waals surface area contributed by atoms with Gasteiger partial charge in [0.1, 0.15) is 41.4 Å². The van der Waals surface area contributed by atoms with Crippen molar-refractivity contribution in [2.45, 2.75) is 202 Å². The number of nitrogens with zero attached hydrogens (tertiary/aromatic N) is 2. The summed E-state index contributed by atoms with van der Waals surface area (Å²) < 4.78 is 64.6. The van der Waals surface area contributed by atoms with Crippen LogP contribution in [0.2, 0.25) is 18.1 Å². The molecule has 0 aliphatic carbocycles. The topological polar surface area (TPSA) is 222 Å². The van der Waals surface area contributed by atoms with E-state index in [1.807, 2.05) is 6.92 Å². The molecule has 18 nitrogen and oxygen atoms in total. The Morgan fingerprint density at radius 1 is 0.765 bits per heavy atom. The van der Waals surface area contributed by atoms with Crippen molar-refractivity contribution in [3.05, 3.63) is 47.5 Å². The number of alkyl carbamates (subject to hydrolysis) is 1. The molecule has 4 bridgehead atoms. The van der Waals surface area contributed by atoms with Gasteiger partial charge in [-0.15, -0.1) is 0 Å². The van der Waals surface area contributed by atoms with Crippen LogP contribution in [-0.4, -0.2) is 145 Å². The molecule has 81 heavy (non-hydrogen) atoms. The summed E-state index contributed by atoms with van der Waals surface area (Å²) >= 11 is 0. The molecule has 0 spiro atoms. The third-order valence-corrected chi connectivity index (χ3v) is 20.8. The van der Waals surface area contributed by atoms with Crippen LogP contribution >= 0.6 is 0 Å². The molecule has 2 aromatic rings. The quantitative estimate of drug-likeness (QED) is 0.0350. The molecule has 0 unspecified atom stereocenters. The second kappa shape index (κ2) is 32.0. The van der Waals surface area contributed by atoms with Gasteiger partial charge in [-0.2, -0.15) is 0 Å². The Kier molecular flexibility index (Phi) is 27.7. The maximum absolute atomic E-state index is 15.4. The number of rotatable bonds is 28. The third-order valence-electron chi connectivity index (χ3n) is 14.5. The van der Waals surface area contributed by atoms with Gasteiger partial charge in [-0.3, -0.25) is 14.4 Å². The zero-order chi connectivity index (χ0) is 60.9. The minimum absolute atomic E-state index is 0.00288. The molecule has 4 atom stereocenters. The molecule has 1 aliphatic rings. The van der Waals surface area contributed by atoms with Gasteiger partial charge in [0.15, 0.2) is 23.9 Å². The first-order valence-electron chi connectivity index (χ1n) is 29.2. The average Bonchev–Trinajstić information content (AvgIpc) is 3.36. The molecular weight excluding hydrogens is 1070 g/mol. The molecule has 0 aromatic heterocycles. The fourth-order valence-electron chi connectivity index (χ4n) is 9.01. The van der Waals surface area contributed by atoms with Crippen molar-refractivity contribution in [1.29, 1.82) is 0 Å². The minimum atomic E-state index is -4.09. The number of carbonyl (C=O) groups is 6. The highest BCUT2D eigenvalue weighted by Crippen LogP contribution is 2.41. The molecule has 1 heterocycles. The molecule has 2 N–H and O–H groups in total. The van der Waals surface area contributed by atoms with Crippen molar-refractivity contribution < 1.29 is 65.3 Å². The number of methoxy groups -OCH3 is 1. The van der Waals surface area contributed by atoms with E-state index in [4.69, 9.17) is 28.1 Å². The van der Waals surface area contributed by atoms with Crippen molar-refractivity contribution in [3.63, 3.8) is 0 Å². The number of carbonyl (C=O) groups excluding carboxylic acids is 6. The minimum Gasteiger partial charge on any atom is -0.493 e. The van der Waals surface area contributed by atoms with Gasteiger partial charge in [-0.25, -0.2) is 22.8 Å². The Morgan fingerprint density at radius 3 is 1.95 bits per heavy atom. The Hall–Kier alpha value is -5.21. The monoisotopic (exact) mass is 1170 g/mol. The van der Waals surface area contributed by atoms with Crippen molar-refractivity contribution in [2.75, 3.05) is 65.1 Å². The molecule has 2 aromatic carbocycles. The van der Waals surface area contributed by atoms with E-state index in [1.54, 1.807) is 84.9 Å². The Morgan fingerprint density at radius 2 is 1.36 bits per heavy atom. The second-order valence-electron chi connectivity index (χ2n) is 25.1. The van der Waals surface area contributed by atoms with Crippen LogP contribution in [0.15, 0.2) is 36.4 Å². The number of Topliss-reactive ketones (excluding diaryl/α,β-unsaturated/α-hetero) is 1. The SMILES string of the molecule is CCCCCCCCCCN(CCS(=O)(=O)C[C@@H](CCO[Si](C)(C)C(C)(C)C)C(=O)N(C)[C@@H]1C(=O)C[C@@H](C)C(=O)N[C@H](C(=O)OC)Cc2ccc(OCCNC(=O)OC(C)(C)C)c(c2)-c2cc1ccc2OCCC)C(=O)OC(C)(C)C. The fraction of sp³-hybridized carbons (Fsp3) is 0.705. The molecule has 3 rings (SSSR count). The number of hydrogen-bond acceptors (Lipinski definition) is 14. The maximum Gasteiger partial charge on any atom is 0.410 e. The van der Waals surface area contributed by atoms with E-state index in [0.717, 1.165) is 32.1 Å². The van der Waals surface area contributed by atoms with Gasteiger partial charge < -0.3 is 48.5 Å². The molecule has 458 valence electrons. The van der Waals surface area contributed by atoms with E-state index in [1.165, 1.54) is 36.8 Å². The van der Waals surface area contributed by atoms with Crippen molar-refractivity contribution in [2.24, 2.45) is 11.8 Å². The van der Waals surface area contributed by atoms with Gasteiger partial charge in [-0.05, 0) is 114 Å². The van der Waals surface area contributed by atoms with Gasteiger partial charge in [0, 0.05) is 56.6 Å². The first-order chi connectivity index (χ1) is 37.7.